The molecule has 6 rings (SSSR count). The van der Waals surface area contributed by atoms with Gasteiger partial charge in [0.25, 0.3) is 0 Å². The number of benzene rings is 2. The summed E-state index contributed by atoms with van der Waals surface area (Å²) in [7, 11) is 2.72. The van der Waals surface area contributed by atoms with Crippen molar-refractivity contribution in [1.29, 1.82) is 0 Å². The third-order valence-corrected chi connectivity index (χ3v) is 5.82. The highest BCUT2D eigenvalue weighted by atomic mass is 16.5. The second kappa shape index (κ2) is 10.0. The number of H-pyrrole nitrogens is 2. The molecule has 6 aromatic rings. The molecule has 0 aliphatic heterocycles. The van der Waals surface area contributed by atoms with E-state index in [0.29, 0.717) is 11.1 Å². The van der Waals surface area contributed by atoms with Crippen molar-refractivity contribution in [2.24, 2.45) is 0 Å². The predicted octanol–water partition coefficient (Wildman–Crippen LogP) is 3.69. The second-order valence-corrected chi connectivity index (χ2v) is 8.44. The van der Waals surface area contributed by atoms with Crippen molar-refractivity contribution < 1.29 is 19.1 Å². The number of nitrogens with zero attached hydrogens (tertiary/aromatic N) is 6. The van der Waals surface area contributed by atoms with Crippen molar-refractivity contribution in [3.63, 3.8) is 0 Å². The van der Waals surface area contributed by atoms with Gasteiger partial charge in [0, 0.05) is 23.5 Å². The Hall–Kier alpha value is -5.26. The van der Waals surface area contributed by atoms with Crippen molar-refractivity contribution >= 4 is 34.0 Å². The first-order chi connectivity index (χ1) is 18.4. The van der Waals surface area contributed by atoms with Crippen molar-refractivity contribution in [1.82, 2.24) is 39.5 Å². The van der Waals surface area contributed by atoms with Crippen LogP contribution in [-0.4, -0.2) is 65.7 Å². The fourth-order valence-electron chi connectivity index (χ4n) is 3.93. The van der Waals surface area contributed by atoms with Crippen molar-refractivity contribution in [3.05, 3.63) is 83.7 Å². The zero-order valence-electron chi connectivity index (χ0n) is 21.1. The van der Waals surface area contributed by atoms with E-state index >= 15 is 0 Å². The topological polar surface area (TPSA) is 146 Å². The summed E-state index contributed by atoms with van der Waals surface area (Å²) in [5, 5.41) is 14.2. The lowest BCUT2D eigenvalue weighted by Gasteiger charge is -2.01. The molecular formula is C26H24N8O4. The molecule has 0 aliphatic rings. The summed E-state index contributed by atoms with van der Waals surface area (Å²) in [6.45, 7) is 3.87. The Morgan fingerprint density at radius 2 is 1.11 bits per heavy atom. The van der Waals surface area contributed by atoms with E-state index in [9.17, 15) is 9.59 Å². The van der Waals surface area contributed by atoms with E-state index in [1.54, 1.807) is 36.9 Å². The normalized spacial score (nSPS) is 10.8. The van der Waals surface area contributed by atoms with E-state index in [2.05, 4.69) is 39.8 Å². The van der Waals surface area contributed by atoms with E-state index < -0.39 is 0 Å². The standard InChI is InChI=1S/2C13H12N4O2/c2*1-8-5-12(16-15-8)17-7-14-10-6-9(13(18)19-2)3-4-11(10)17/h2*3-7H,1-2H3,(H,15,16). The maximum Gasteiger partial charge on any atom is 0.337 e. The summed E-state index contributed by atoms with van der Waals surface area (Å²) >= 11 is 0. The van der Waals surface area contributed by atoms with Crippen LogP contribution in [0.15, 0.2) is 61.2 Å². The summed E-state index contributed by atoms with van der Waals surface area (Å²) in [5.74, 6) is 0.802. The molecule has 0 unspecified atom stereocenters. The van der Waals surface area contributed by atoms with Gasteiger partial charge in [0.1, 0.15) is 12.7 Å². The molecule has 192 valence electrons. The van der Waals surface area contributed by atoms with Crippen molar-refractivity contribution in [2.75, 3.05) is 14.2 Å². The van der Waals surface area contributed by atoms with Gasteiger partial charge in [0.2, 0.25) is 0 Å². The maximum atomic E-state index is 11.5. The summed E-state index contributed by atoms with van der Waals surface area (Å²) in [6.07, 6.45) is 3.36. The number of aromatic nitrogens is 8. The number of hydrogen-bond donors (Lipinski definition) is 2. The van der Waals surface area contributed by atoms with Gasteiger partial charge >= 0.3 is 11.9 Å². The Bertz CT molecular complexity index is 1640. The zero-order chi connectivity index (χ0) is 26.8. The van der Waals surface area contributed by atoms with Crippen LogP contribution >= 0.6 is 0 Å². The number of aryl methyl sites for hydroxylation is 2. The fourth-order valence-corrected chi connectivity index (χ4v) is 3.93. The lowest BCUT2D eigenvalue weighted by molar-refractivity contribution is 0.0592. The van der Waals surface area contributed by atoms with Gasteiger partial charge in [-0.25, -0.2) is 19.6 Å². The highest BCUT2D eigenvalue weighted by Crippen LogP contribution is 2.20. The highest BCUT2D eigenvalue weighted by molar-refractivity contribution is 5.94. The number of fused-ring (bicyclic) bond motifs is 2. The van der Waals surface area contributed by atoms with E-state index in [0.717, 1.165) is 45.1 Å². The van der Waals surface area contributed by atoms with Gasteiger partial charge in [0.05, 0.1) is 47.4 Å². The fraction of sp³-hybridized carbons (Fsp3) is 0.154. The number of nitrogens with one attached hydrogen (secondary N) is 2. The molecule has 12 nitrogen and oxygen atoms in total. The summed E-state index contributed by atoms with van der Waals surface area (Å²) in [6, 6.07) is 14.4. The van der Waals surface area contributed by atoms with Gasteiger partial charge in [-0.2, -0.15) is 10.2 Å². The lowest BCUT2D eigenvalue weighted by Crippen LogP contribution is -2.00. The molecule has 2 N–H and O–H groups in total. The molecule has 12 heteroatoms. The molecule has 0 bridgehead atoms. The molecule has 4 heterocycles. The molecular weight excluding hydrogens is 488 g/mol. The Kier molecular flexibility index (Phi) is 6.44. The third kappa shape index (κ3) is 4.62. The summed E-state index contributed by atoms with van der Waals surface area (Å²) in [5.41, 5.74) is 6.15. The SMILES string of the molecule is COC(=O)c1ccc2c(c1)ncn2-c1cc(C)[nH]n1.COC(=O)c1ccc2c(c1)ncn2-c1cc(C)[nH]n1. The quantitative estimate of drug-likeness (QED) is 0.340. The molecule has 38 heavy (non-hydrogen) atoms. The average molecular weight is 513 g/mol. The molecule has 0 saturated heterocycles. The van der Waals surface area contributed by atoms with Crippen LogP contribution in [0.2, 0.25) is 0 Å². The van der Waals surface area contributed by atoms with E-state index in [-0.39, 0.29) is 11.9 Å². The largest absolute Gasteiger partial charge is 0.465 e. The summed E-state index contributed by atoms with van der Waals surface area (Å²) < 4.78 is 13.1. The number of imidazole rings is 2. The molecule has 0 atom stereocenters. The number of carbonyl (C=O) groups is 2. The van der Waals surface area contributed by atoms with Crippen LogP contribution in [0.5, 0.6) is 0 Å². The zero-order valence-corrected chi connectivity index (χ0v) is 21.1. The van der Waals surface area contributed by atoms with Gasteiger partial charge in [-0.05, 0) is 50.2 Å². The molecule has 0 amide bonds. The van der Waals surface area contributed by atoms with Crippen LogP contribution in [0.4, 0.5) is 0 Å². The average Bonchev–Trinajstić information content (AvgIpc) is 3.73. The molecule has 2 aromatic carbocycles. The van der Waals surface area contributed by atoms with Crippen molar-refractivity contribution in [2.45, 2.75) is 13.8 Å². The van der Waals surface area contributed by atoms with Gasteiger partial charge in [-0.3, -0.25) is 19.3 Å². The maximum absolute atomic E-state index is 11.5. The smallest absolute Gasteiger partial charge is 0.337 e. The van der Waals surface area contributed by atoms with Crippen LogP contribution < -0.4 is 0 Å². The number of aromatic amines is 2. The number of hydrogen-bond acceptors (Lipinski definition) is 8. The number of methoxy groups -OCH3 is 2. The van der Waals surface area contributed by atoms with Crippen LogP contribution in [0.3, 0.4) is 0 Å². The van der Waals surface area contributed by atoms with E-state index in [1.807, 2.05) is 47.2 Å². The number of carbonyl (C=O) groups excluding carboxylic acids is 2. The van der Waals surface area contributed by atoms with Gasteiger partial charge < -0.3 is 9.47 Å². The number of rotatable bonds is 4. The molecule has 4 aromatic heterocycles. The van der Waals surface area contributed by atoms with Gasteiger partial charge in [-0.15, -0.1) is 0 Å². The molecule has 0 aliphatic carbocycles. The monoisotopic (exact) mass is 512 g/mol. The third-order valence-electron chi connectivity index (χ3n) is 5.82. The van der Waals surface area contributed by atoms with Gasteiger partial charge in [0.15, 0.2) is 11.6 Å². The minimum atomic E-state index is -0.368. The van der Waals surface area contributed by atoms with Crippen molar-refractivity contribution in [3.8, 4) is 11.6 Å². The minimum absolute atomic E-state index is 0.368. The van der Waals surface area contributed by atoms with Crippen LogP contribution in [0.1, 0.15) is 32.1 Å². The van der Waals surface area contributed by atoms with Crippen LogP contribution in [0.25, 0.3) is 33.7 Å². The van der Waals surface area contributed by atoms with Crippen LogP contribution in [-0.2, 0) is 9.47 Å². The minimum Gasteiger partial charge on any atom is -0.465 e. The Morgan fingerprint density at radius 1 is 0.684 bits per heavy atom. The predicted molar refractivity (Wildman–Crippen MR) is 139 cm³/mol. The first-order valence-corrected chi connectivity index (χ1v) is 11.5. The Labute approximate surface area is 216 Å². The lowest BCUT2D eigenvalue weighted by atomic mass is 10.2. The first kappa shape index (κ1) is 24.4. The Morgan fingerprint density at radius 3 is 1.45 bits per heavy atom. The first-order valence-electron chi connectivity index (χ1n) is 11.5. The molecule has 0 radical (unpaired) electrons. The van der Waals surface area contributed by atoms with Gasteiger partial charge in [-0.1, -0.05) is 0 Å². The number of ether oxygens (including phenoxy) is 2. The molecule has 0 saturated carbocycles. The molecule has 0 spiro atoms. The number of esters is 2. The second-order valence-electron chi connectivity index (χ2n) is 8.44. The van der Waals surface area contributed by atoms with Crippen LogP contribution in [0, 0.1) is 13.8 Å². The summed E-state index contributed by atoms with van der Waals surface area (Å²) in [4.78, 5) is 31.5. The Balaban J connectivity index is 0.000000155. The molecule has 0 fully saturated rings. The van der Waals surface area contributed by atoms with E-state index in [4.69, 9.17) is 0 Å². The highest BCUT2D eigenvalue weighted by Gasteiger charge is 2.12. The van der Waals surface area contributed by atoms with E-state index in [1.165, 1.54) is 14.2 Å².